The number of morpholine rings is 1. The lowest BCUT2D eigenvalue weighted by molar-refractivity contribution is -0.0623. The van der Waals surface area contributed by atoms with Crippen molar-refractivity contribution in [3.8, 4) is 0 Å². The second-order valence-corrected chi connectivity index (χ2v) is 6.07. The standard InChI is InChI=1S/C14H30N2O2/c1-5-6-15-12(2)14(3,4)11-16-7-8-18-13(9-16)10-17/h12-13,15,17H,5-11H2,1-4H3. The molecule has 0 radical (unpaired) electrons. The van der Waals surface area contributed by atoms with E-state index in [0.29, 0.717) is 6.04 Å². The molecule has 2 N–H and O–H groups in total. The van der Waals surface area contributed by atoms with Crippen molar-refractivity contribution in [2.24, 2.45) is 5.41 Å². The molecule has 2 unspecified atom stereocenters. The van der Waals surface area contributed by atoms with E-state index in [2.05, 4.69) is 37.9 Å². The fraction of sp³-hybridized carbons (Fsp3) is 1.00. The Morgan fingerprint density at radius 1 is 1.50 bits per heavy atom. The molecule has 1 aliphatic heterocycles. The Balaban J connectivity index is 2.43. The molecule has 0 bridgehead atoms. The number of aliphatic hydroxyl groups excluding tert-OH is 1. The molecule has 0 aliphatic carbocycles. The molecule has 0 aromatic rings. The van der Waals surface area contributed by atoms with Gasteiger partial charge in [-0.05, 0) is 25.3 Å². The van der Waals surface area contributed by atoms with Crippen molar-refractivity contribution in [2.45, 2.75) is 46.3 Å². The normalized spacial score (nSPS) is 24.2. The molecule has 4 nitrogen and oxygen atoms in total. The number of hydrogen-bond acceptors (Lipinski definition) is 4. The number of hydrogen-bond donors (Lipinski definition) is 2. The maximum absolute atomic E-state index is 9.17. The van der Waals surface area contributed by atoms with Crippen LogP contribution in [0.25, 0.3) is 0 Å². The van der Waals surface area contributed by atoms with Crippen LogP contribution in [0.1, 0.15) is 34.1 Å². The van der Waals surface area contributed by atoms with Crippen LogP contribution >= 0.6 is 0 Å². The molecule has 108 valence electrons. The SMILES string of the molecule is CCCNC(C)C(C)(C)CN1CCOC(CO)C1. The molecule has 0 amide bonds. The fourth-order valence-corrected chi connectivity index (χ4v) is 2.38. The predicted octanol–water partition coefficient (Wildman–Crippen LogP) is 1.09. The maximum Gasteiger partial charge on any atom is 0.0932 e. The minimum atomic E-state index is -0.00606. The molecule has 1 saturated heterocycles. The summed E-state index contributed by atoms with van der Waals surface area (Å²) in [6, 6.07) is 0.493. The van der Waals surface area contributed by atoms with Crippen molar-refractivity contribution in [3.63, 3.8) is 0 Å². The van der Waals surface area contributed by atoms with Gasteiger partial charge in [0, 0.05) is 25.7 Å². The molecule has 18 heavy (non-hydrogen) atoms. The fourth-order valence-electron chi connectivity index (χ4n) is 2.38. The zero-order chi connectivity index (χ0) is 13.6. The Kier molecular flexibility index (Phi) is 6.57. The molecule has 1 aliphatic rings. The van der Waals surface area contributed by atoms with Crippen LogP contribution in [0.5, 0.6) is 0 Å². The zero-order valence-corrected chi connectivity index (χ0v) is 12.4. The van der Waals surface area contributed by atoms with Crippen LogP contribution in [0.3, 0.4) is 0 Å². The summed E-state index contributed by atoms with van der Waals surface area (Å²) in [6.45, 7) is 13.9. The van der Waals surface area contributed by atoms with Gasteiger partial charge in [0.15, 0.2) is 0 Å². The molecular formula is C14H30N2O2. The van der Waals surface area contributed by atoms with Crippen LogP contribution in [0, 0.1) is 5.41 Å². The zero-order valence-electron chi connectivity index (χ0n) is 12.4. The van der Waals surface area contributed by atoms with E-state index in [-0.39, 0.29) is 18.1 Å². The lowest BCUT2D eigenvalue weighted by atomic mass is 9.84. The largest absolute Gasteiger partial charge is 0.394 e. The van der Waals surface area contributed by atoms with Crippen LogP contribution in [0.4, 0.5) is 0 Å². The second-order valence-electron chi connectivity index (χ2n) is 6.07. The summed E-state index contributed by atoms with van der Waals surface area (Å²) in [5, 5.41) is 12.7. The lowest BCUT2D eigenvalue weighted by Crippen LogP contribution is -2.52. The third-order valence-corrected chi connectivity index (χ3v) is 3.93. The summed E-state index contributed by atoms with van der Waals surface area (Å²) in [5.74, 6) is 0. The third-order valence-electron chi connectivity index (χ3n) is 3.93. The van der Waals surface area contributed by atoms with E-state index in [1.807, 2.05) is 0 Å². The number of nitrogens with one attached hydrogen (secondary N) is 1. The molecule has 2 atom stereocenters. The van der Waals surface area contributed by atoms with Gasteiger partial charge in [0.05, 0.1) is 19.3 Å². The smallest absolute Gasteiger partial charge is 0.0932 e. The summed E-state index contributed by atoms with van der Waals surface area (Å²) in [5.41, 5.74) is 0.229. The first-order chi connectivity index (χ1) is 8.49. The summed E-state index contributed by atoms with van der Waals surface area (Å²) >= 11 is 0. The first-order valence-electron chi connectivity index (χ1n) is 7.17. The monoisotopic (exact) mass is 258 g/mol. The van der Waals surface area contributed by atoms with Gasteiger partial charge in [-0.25, -0.2) is 0 Å². The van der Waals surface area contributed by atoms with E-state index in [1.54, 1.807) is 0 Å². The van der Waals surface area contributed by atoms with Crippen molar-refractivity contribution >= 4 is 0 Å². The van der Waals surface area contributed by atoms with Gasteiger partial charge in [0.2, 0.25) is 0 Å². The van der Waals surface area contributed by atoms with E-state index in [0.717, 1.165) is 32.8 Å². The van der Waals surface area contributed by atoms with Gasteiger partial charge in [-0.2, -0.15) is 0 Å². The summed E-state index contributed by atoms with van der Waals surface area (Å²) < 4.78 is 5.49. The molecule has 4 heteroatoms. The van der Waals surface area contributed by atoms with Crippen molar-refractivity contribution in [1.29, 1.82) is 0 Å². The lowest BCUT2D eigenvalue weighted by Gasteiger charge is -2.40. The van der Waals surface area contributed by atoms with Gasteiger partial charge in [0.25, 0.3) is 0 Å². The number of nitrogens with zero attached hydrogens (tertiary/aromatic N) is 1. The van der Waals surface area contributed by atoms with E-state index >= 15 is 0 Å². The Hall–Kier alpha value is -0.160. The highest BCUT2D eigenvalue weighted by Gasteiger charge is 2.30. The van der Waals surface area contributed by atoms with Crippen molar-refractivity contribution in [1.82, 2.24) is 10.2 Å². The van der Waals surface area contributed by atoms with E-state index in [4.69, 9.17) is 9.84 Å². The van der Waals surface area contributed by atoms with Gasteiger partial charge in [0.1, 0.15) is 0 Å². The molecule has 0 aromatic carbocycles. The highest BCUT2D eigenvalue weighted by molar-refractivity contribution is 4.85. The first-order valence-corrected chi connectivity index (χ1v) is 7.17. The summed E-state index contributed by atoms with van der Waals surface area (Å²) in [7, 11) is 0. The topological polar surface area (TPSA) is 44.7 Å². The van der Waals surface area contributed by atoms with Crippen molar-refractivity contribution in [3.05, 3.63) is 0 Å². The van der Waals surface area contributed by atoms with E-state index in [9.17, 15) is 0 Å². The highest BCUT2D eigenvalue weighted by Crippen LogP contribution is 2.23. The maximum atomic E-state index is 9.17. The highest BCUT2D eigenvalue weighted by atomic mass is 16.5. The van der Waals surface area contributed by atoms with Crippen LogP contribution in [0.15, 0.2) is 0 Å². The quantitative estimate of drug-likeness (QED) is 0.717. The van der Waals surface area contributed by atoms with Gasteiger partial charge < -0.3 is 15.2 Å². The Morgan fingerprint density at radius 3 is 2.83 bits per heavy atom. The van der Waals surface area contributed by atoms with Gasteiger partial charge >= 0.3 is 0 Å². The van der Waals surface area contributed by atoms with Crippen LogP contribution in [0.2, 0.25) is 0 Å². The van der Waals surface area contributed by atoms with Crippen LogP contribution < -0.4 is 5.32 Å². The second kappa shape index (κ2) is 7.43. The average molecular weight is 258 g/mol. The molecule has 1 fully saturated rings. The molecule has 1 heterocycles. The molecule has 0 aromatic heterocycles. The predicted molar refractivity (Wildman–Crippen MR) is 74.8 cm³/mol. The van der Waals surface area contributed by atoms with Gasteiger partial charge in [-0.1, -0.05) is 20.8 Å². The molecule has 0 saturated carbocycles. The minimum absolute atomic E-state index is 0.00606. The van der Waals surface area contributed by atoms with Crippen LogP contribution in [-0.2, 0) is 4.74 Å². The number of aliphatic hydroxyl groups is 1. The molecule has 1 rings (SSSR count). The Morgan fingerprint density at radius 2 is 2.22 bits per heavy atom. The van der Waals surface area contributed by atoms with Crippen molar-refractivity contribution < 1.29 is 9.84 Å². The Bertz CT molecular complexity index is 234. The minimum Gasteiger partial charge on any atom is -0.394 e. The van der Waals surface area contributed by atoms with Gasteiger partial charge in [-0.3, -0.25) is 4.90 Å². The average Bonchev–Trinajstić information content (AvgIpc) is 2.35. The summed E-state index contributed by atoms with van der Waals surface area (Å²) in [4.78, 5) is 2.41. The molecular weight excluding hydrogens is 228 g/mol. The molecule has 0 spiro atoms. The van der Waals surface area contributed by atoms with Crippen molar-refractivity contribution in [2.75, 3.05) is 39.4 Å². The van der Waals surface area contributed by atoms with E-state index < -0.39 is 0 Å². The van der Waals surface area contributed by atoms with E-state index in [1.165, 1.54) is 6.42 Å². The Labute approximate surface area is 112 Å². The third kappa shape index (κ3) is 4.84. The van der Waals surface area contributed by atoms with Crippen LogP contribution in [-0.4, -0.2) is 61.5 Å². The number of ether oxygens (including phenoxy) is 1. The first kappa shape index (κ1) is 15.9. The number of rotatable bonds is 7. The van der Waals surface area contributed by atoms with Gasteiger partial charge in [-0.15, -0.1) is 0 Å². The summed E-state index contributed by atoms with van der Waals surface area (Å²) in [6.07, 6.45) is 1.17.